The van der Waals surface area contributed by atoms with Crippen molar-refractivity contribution < 1.29 is 9.13 Å². The number of halogens is 2. The summed E-state index contributed by atoms with van der Waals surface area (Å²) in [6.07, 6.45) is 0. The first-order valence-electron chi connectivity index (χ1n) is 5.96. The molecule has 0 fully saturated rings. The maximum absolute atomic E-state index is 12.8. The first kappa shape index (κ1) is 15.4. The highest BCUT2D eigenvalue weighted by molar-refractivity contribution is 6.31. The molecular weight excluding hydrogens is 255 g/mol. The molecule has 0 spiro atoms. The van der Waals surface area contributed by atoms with Crippen LogP contribution in [-0.2, 0) is 11.3 Å². The highest BCUT2D eigenvalue weighted by Gasteiger charge is 2.01. The molecule has 102 valence electrons. The van der Waals surface area contributed by atoms with Crippen molar-refractivity contribution in [1.29, 1.82) is 0 Å². The van der Waals surface area contributed by atoms with Crippen LogP contribution in [0.15, 0.2) is 18.2 Å². The molecule has 3 nitrogen and oxygen atoms in total. The van der Waals surface area contributed by atoms with Gasteiger partial charge in [-0.1, -0.05) is 17.7 Å². The van der Waals surface area contributed by atoms with Crippen molar-refractivity contribution in [3.8, 4) is 0 Å². The van der Waals surface area contributed by atoms with E-state index in [0.29, 0.717) is 18.2 Å². The van der Waals surface area contributed by atoms with Crippen LogP contribution in [0.3, 0.4) is 0 Å². The predicted molar refractivity (Wildman–Crippen MR) is 72.5 cm³/mol. The molecule has 0 atom stereocenters. The predicted octanol–water partition coefficient (Wildman–Crippen LogP) is 2.15. The Labute approximate surface area is 113 Å². The van der Waals surface area contributed by atoms with Crippen molar-refractivity contribution >= 4 is 11.6 Å². The summed E-state index contributed by atoms with van der Waals surface area (Å²) in [5.74, 6) is -0.309. The zero-order chi connectivity index (χ0) is 13.4. The minimum atomic E-state index is -0.309. The SMILES string of the molecule is CN(C)CCOCCNCc1ccc(F)cc1Cl. The minimum Gasteiger partial charge on any atom is -0.379 e. The van der Waals surface area contributed by atoms with Crippen LogP contribution in [0.1, 0.15) is 5.56 Å². The van der Waals surface area contributed by atoms with Crippen LogP contribution >= 0.6 is 11.6 Å². The van der Waals surface area contributed by atoms with Crippen LogP contribution < -0.4 is 5.32 Å². The van der Waals surface area contributed by atoms with E-state index in [1.165, 1.54) is 12.1 Å². The fraction of sp³-hybridized carbons (Fsp3) is 0.538. The van der Waals surface area contributed by atoms with Crippen molar-refractivity contribution in [2.45, 2.75) is 6.54 Å². The smallest absolute Gasteiger partial charge is 0.124 e. The molecule has 18 heavy (non-hydrogen) atoms. The van der Waals surface area contributed by atoms with Crippen LogP contribution in [-0.4, -0.2) is 45.3 Å². The average molecular weight is 275 g/mol. The summed E-state index contributed by atoms with van der Waals surface area (Å²) in [7, 11) is 4.02. The summed E-state index contributed by atoms with van der Waals surface area (Å²) in [6.45, 7) is 3.68. The molecular formula is C13H20ClFN2O. The molecule has 1 aromatic rings. The van der Waals surface area contributed by atoms with Gasteiger partial charge < -0.3 is 15.0 Å². The summed E-state index contributed by atoms with van der Waals surface area (Å²) in [4.78, 5) is 2.08. The molecule has 1 aromatic carbocycles. The molecule has 5 heteroatoms. The van der Waals surface area contributed by atoms with Gasteiger partial charge in [-0.05, 0) is 31.8 Å². The van der Waals surface area contributed by atoms with Crippen LogP contribution in [0, 0.1) is 5.82 Å². The van der Waals surface area contributed by atoms with Crippen LogP contribution in [0.2, 0.25) is 5.02 Å². The van der Waals surface area contributed by atoms with E-state index in [2.05, 4.69) is 10.2 Å². The van der Waals surface area contributed by atoms with E-state index in [4.69, 9.17) is 16.3 Å². The molecule has 1 rings (SSSR count). The second kappa shape index (κ2) is 8.43. The van der Waals surface area contributed by atoms with Crippen molar-refractivity contribution in [3.05, 3.63) is 34.6 Å². The number of benzene rings is 1. The van der Waals surface area contributed by atoms with Gasteiger partial charge in [-0.2, -0.15) is 0 Å². The number of rotatable bonds is 8. The number of hydrogen-bond acceptors (Lipinski definition) is 3. The molecule has 0 aliphatic rings. The van der Waals surface area contributed by atoms with Crippen molar-refractivity contribution in [2.24, 2.45) is 0 Å². The molecule has 1 N–H and O–H groups in total. The van der Waals surface area contributed by atoms with Gasteiger partial charge in [0.15, 0.2) is 0 Å². The first-order valence-corrected chi connectivity index (χ1v) is 6.34. The maximum Gasteiger partial charge on any atom is 0.124 e. The average Bonchev–Trinajstić information content (AvgIpc) is 2.30. The number of nitrogens with zero attached hydrogens (tertiary/aromatic N) is 1. The van der Waals surface area contributed by atoms with Gasteiger partial charge in [0.2, 0.25) is 0 Å². The number of likely N-dealkylation sites (N-methyl/N-ethyl adjacent to an activating group) is 1. The zero-order valence-corrected chi connectivity index (χ0v) is 11.6. The monoisotopic (exact) mass is 274 g/mol. The van der Waals surface area contributed by atoms with Crippen LogP contribution in [0.25, 0.3) is 0 Å². The van der Waals surface area contributed by atoms with Gasteiger partial charge >= 0.3 is 0 Å². The molecule has 0 aliphatic carbocycles. The Kier molecular flexibility index (Phi) is 7.20. The fourth-order valence-corrected chi connectivity index (χ4v) is 1.62. The number of ether oxygens (including phenoxy) is 1. The summed E-state index contributed by atoms with van der Waals surface area (Å²) < 4.78 is 18.2. The largest absolute Gasteiger partial charge is 0.379 e. The number of hydrogen-bond donors (Lipinski definition) is 1. The topological polar surface area (TPSA) is 24.5 Å². The number of nitrogens with one attached hydrogen (secondary N) is 1. The first-order chi connectivity index (χ1) is 8.59. The second-order valence-electron chi connectivity index (χ2n) is 4.33. The lowest BCUT2D eigenvalue weighted by Gasteiger charge is -2.10. The van der Waals surface area contributed by atoms with Gasteiger partial charge in [-0.25, -0.2) is 4.39 Å². The summed E-state index contributed by atoms with van der Waals surface area (Å²) in [5.41, 5.74) is 0.895. The Morgan fingerprint density at radius 1 is 1.33 bits per heavy atom. The van der Waals surface area contributed by atoms with E-state index >= 15 is 0 Å². The lowest BCUT2D eigenvalue weighted by Crippen LogP contribution is -2.23. The van der Waals surface area contributed by atoms with E-state index in [0.717, 1.165) is 25.3 Å². The van der Waals surface area contributed by atoms with Gasteiger partial charge in [0.25, 0.3) is 0 Å². The van der Waals surface area contributed by atoms with Gasteiger partial charge in [0.05, 0.1) is 13.2 Å². The van der Waals surface area contributed by atoms with E-state index in [-0.39, 0.29) is 5.82 Å². The Balaban J connectivity index is 2.11. The molecule has 0 saturated carbocycles. The third-order valence-electron chi connectivity index (χ3n) is 2.44. The lowest BCUT2D eigenvalue weighted by atomic mass is 10.2. The summed E-state index contributed by atoms with van der Waals surface area (Å²) >= 11 is 5.91. The minimum absolute atomic E-state index is 0.309. The molecule has 0 amide bonds. The van der Waals surface area contributed by atoms with Gasteiger partial charge in [0.1, 0.15) is 5.82 Å². The van der Waals surface area contributed by atoms with Gasteiger partial charge in [0, 0.05) is 24.7 Å². The second-order valence-corrected chi connectivity index (χ2v) is 4.74. The third kappa shape index (κ3) is 6.31. The van der Waals surface area contributed by atoms with Gasteiger partial charge in [-0.3, -0.25) is 0 Å². The molecule has 0 unspecified atom stereocenters. The zero-order valence-electron chi connectivity index (χ0n) is 10.9. The Hall–Kier alpha value is -0.680. The molecule has 0 aliphatic heterocycles. The summed E-state index contributed by atoms with van der Waals surface area (Å²) in [5, 5.41) is 3.66. The normalized spacial score (nSPS) is 11.2. The van der Waals surface area contributed by atoms with Gasteiger partial charge in [-0.15, -0.1) is 0 Å². The Morgan fingerprint density at radius 3 is 2.78 bits per heavy atom. The standard InChI is InChI=1S/C13H20ClFN2O/c1-17(2)6-8-18-7-5-16-10-11-3-4-12(15)9-13(11)14/h3-4,9,16H,5-8,10H2,1-2H3. The van der Waals surface area contributed by atoms with Crippen LogP contribution in [0.5, 0.6) is 0 Å². The van der Waals surface area contributed by atoms with Crippen molar-refractivity contribution in [2.75, 3.05) is 40.4 Å². The van der Waals surface area contributed by atoms with Crippen molar-refractivity contribution in [1.82, 2.24) is 10.2 Å². The highest BCUT2D eigenvalue weighted by atomic mass is 35.5. The van der Waals surface area contributed by atoms with Crippen molar-refractivity contribution in [3.63, 3.8) is 0 Å². The van der Waals surface area contributed by atoms with E-state index < -0.39 is 0 Å². The van der Waals surface area contributed by atoms with Crippen LogP contribution in [0.4, 0.5) is 4.39 Å². The summed E-state index contributed by atoms with van der Waals surface area (Å²) in [6, 6.07) is 4.43. The van der Waals surface area contributed by atoms with E-state index in [1.54, 1.807) is 6.07 Å². The fourth-order valence-electron chi connectivity index (χ4n) is 1.38. The maximum atomic E-state index is 12.8. The molecule has 0 bridgehead atoms. The van der Waals surface area contributed by atoms with E-state index in [9.17, 15) is 4.39 Å². The Bertz CT molecular complexity index is 361. The third-order valence-corrected chi connectivity index (χ3v) is 2.79. The van der Waals surface area contributed by atoms with E-state index in [1.807, 2.05) is 14.1 Å². The Morgan fingerprint density at radius 2 is 2.11 bits per heavy atom. The quantitative estimate of drug-likeness (QED) is 0.735. The molecule has 0 heterocycles. The molecule has 0 radical (unpaired) electrons. The molecule has 0 aromatic heterocycles. The lowest BCUT2D eigenvalue weighted by molar-refractivity contribution is 0.119. The molecule has 0 saturated heterocycles. The highest BCUT2D eigenvalue weighted by Crippen LogP contribution is 2.16.